The third-order valence-corrected chi connectivity index (χ3v) is 5.62. The van der Waals surface area contributed by atoms with Crippen molar-refractivity contribution in [3.05, 3.63) is 0 Å². The monoisotopic (exact) mass is 315 g/mol. The summed E-state index contributed by atoms with van der Waals surface area (Å²) in [6, 6.07) is 0.364. The summed E-state index contributed by atoms with van der Waals surface area (Å²) in [4.78, 5) is 14.5. The minimum Gasteiger partial charge on any atom is -0.352 e. The van der Waals surface area contributed by atoms with E-state index in [1.807, 2.05) is 0 Å². The molecule has 2 N–H and O–H groups in total. The minimum absolute atomic E-state index is 0. The SMILES string of the molecule is CC(NC(=O)CN1CCCNCC1)C1CC2CCC1C2.Cl. The van der Waals surface area contributed by atoms with E-state index in [2.05, 4.69) is 22.5 Å². The van der Waals surface area contributed by atoms with E-state index >= 15 is 0 Å². The minimum atomic E-state index is 0. The van der Waals surface area contributed by atoms with E-state index in [9.17, 15) is 4.79 Å². The van der Waals surface area contributed by atoms with Crippen molar-refractivity contribution >= 4 is 18.3 Å². The van der Waals surface area contributed by atoms with Gasteiger partial charge in [0, 0.05) is 19.1 Å². The molecule has 3 rings (SSSR count). The van der Waals surface area contributed by atoms with Crippen molar-refractivity contribution in [3.8, 4) is 0 Å². The van der Waals surface area contributed by atoms with Gasteiger partial charge in [0.2, 0.25) is 5.91 Å². The molecule has 0 aromatic carbocycles. The summed E-state index contributed by atoms with van der Waals surface area (Å²) in [5.74, 6) is 2.81. The molecule has 0 spiro atoms. The van der Waals surface area contributed by atoms with E-state index in [1.165, 1.54) is 25.7 Å². The van der Waals surface area contributed by atoms with Crippen LogP contribution in [-0.4, -0.2) is 49.6 Å². The number of carbonyl (C=O) groups excluding carboxylic acids is 1. The summed E-state index contributed by atoms with van der Waals surface area (Å²) in [5, 5.41) is 6.65. The highest BCUT2D eigenvalue weighted by molar-refractivity contribution is 5.85. The first-order chi connectivity index (χ1) is 9.72. The second-order valence-corrected chi connectivity index (χ2v) is 7.07. The van der Waals surface area contributed by atoms with Crippen molar-refractivity contribution in [3.63, 3.8) is 0 Å². The lowest BCUT2D eigenvalue weighted by atomic mass is 9.84. The van der Waals surface area contributed by atoms with Gasteiger partial charge in [-0.3, -0.25) is 9.69 Å². The maximum Gasteiger partial charge on any atom is 0.234 e. The van der Waals surface area contributed by atoms with Crippen molar-refractivity contribution < 1.29 is 4.79 Å². The van der Waals surface area contributed by atoms with Crippen molar-refractivity contribution in [2.24, 2.45) is 17.8 Å². The van der Waals surface area contributed by atoms with Crippen LogP contribution in [0.1, 0.15) is 39.0 Å². The molecule has 0 aromatic heterocycles. The smallest absolute Gasteiger partial charge is 0.234 e. The Morgan fingerprint density at radius 3 is 2.86 bits per heavy atom. The van der Waals surface area contributed by atoms with Crippen LogP contribution in [-0.2, 0) is 4.79 Å². The number of amides is 1. The predicted molar refractivity (Wildman–Crippen MR) is 87.7 cm³/mol. The number of hydrogen-bond donors (Lipinski definition) is 2. The molecule has 21 heavy (non-hydrogen) atoms. The molecule has 1 heterocycles. The third-order valence-electron chi connectivity index (χ3n) is 5.62. The number of rotatable bonds is 4. The Kier molecular flexibility index (Phi) is 6.33. The number of carbonyl (C=O) groups is 1. The molecule has 0 aromatic rings. The van der Waals surface area contributed by atoms with Crippen molar-refractivity contribution in [2.75, 3.05) is 32.7 Å². The van der Waals surface area contributed by atoms with Gasteiger partial charge < -0.3 is 10.6 Å². The standard InChI is InChI=1S/C16H29N3O.ClH/c1-12(15-10-13-3-4-14(15)9-13)18-16(20)11-19-7-2-5-17-6-8-19;/h12-15,17H,2-11H2,1H3,(H,18,20);1H. The van der Waals surface area contributed by atoms with Gasteiger partial charge in [-0.25, -0.2) is 0 Å². The zero-order valence-corrected chi connectivity index (χ0v) is 14.0. The molecule has 122 valence electrons. The van der Waals surface area contributed by atoms with E-state index in [1.54, 1.807) is 0 Å². The Balaban J connectivity index is 0.00000161. The number of halogens is 1. The average molecular weight is 316 g/mol. The van der Waals surface area contributed by atoms with E-state index in [0.717, 1.165) is 50.4 Å². The van der Waals surface area contributed by atoms with Crippen LogP contribution in [0.25, 0.3) is 0 Å². The molecule has 5 heteroatoms. The van der Waals surface area contributed by atoms with Gasteiger partial charge >= 0.3 is 0 Å². The fourth-order valence-corrected chi connectivity index (χ4v) is 4.58. The van der Waals surface area contributed by atoms with Crippen LogP contribution in [0, 0.1) is 17.8 Å². The van der Waals surface area contributed by atoms with Gasteiger partial charge in [-0.1, -0.05) is 6.42 Å². The van der Waals surface area contributed by atoms with Crippen molar-refractivity contribution in [2.45, 2.75) is 45.1 Å². The lowest BCUT2D eigenvalue weighted by molar-refractivity contribution is -0.123. The summed E-state index contributed by atoms with van der Waals surface area (Å²) in [7, 11) is 0. The average Bonchev–Trinajstić information content (AvgIpc) is 2.96. The molecule has 2 bridgehead atoms. The Morgan fingerprint density at radius 1 is 1.29 bits per heavy atom. The highest BCUT2D eigenvalue weighted by atomic mass is 35.5. The van der Waals surface area contributed by atoms with Gasteiger partial charge in [0.05, 0.1) is 6.54 Å². The Bertz CT molecular complexity index is 344. The Hall–Kier alpha value is -0.320. The van der Waals surface area contributed by atoms with Crippen molar-refractivity contribution in [1.82, 2.24) is 15.5 Å². The van der Waals surface area contributed by atoms with Crippen LogP contribution >= 0.6 is 12.4 Å². The third kappa shape index (κ3) is 4.33. The highest BCUT2D eigenvalue weighted by Crippen LogP contribution is 2.49. The normalized spacial score (nSPS) is 34.0. The summed E-state index contributed by atoms with van der Waals surface area (Å²) in [6.07, 6.45) is 6.74. The first-order valence-electron chi connectivity index (χ1n) is 8.45. The van der Waals surface area contributed by atoms with Crippen LogP contribution in [0.5, 0.6) is 0 Å². The molecule has 2 aliphatic carbocycles. The lowest BCUT2D eigenvalue weighted by Gasteiger charge is -2.29. The predicted octanol–water partition coefficient (Wildman–Crippen LogP) is 1.64. The Labute approximate surface area is 134 Å². The van der Waals surface area contributed by atoms with Gasteiger partial charge in [0.25, 0.3) is 0 Å². The molecule has 4 atom stereocenters. The van der Waals surface area contributed by atoms with E-state index in [4.69, 9.17) is 0 Å². The summed E-state index contributed by atoms with van der Waals surface area (Å²) in [6.45, 7) is 6.92. The second-order valence-electron chi connectivity index (χ2n) is 7.07. The second kappa shape index (κ2) is 7.80. The number of hydrogen-bond acceptors (Lipinski definition) is 3. The van der Waals surface area contributed by atoms with Crippen LogP contribution in [0.3, 0.4) is 0 Å². The van der Waals surface area contributed by atoms with Crippen LogP contribution < -0.4 is 10.6 Å². The maximum absolute atomic E-state index is 12.2. The van der Waals surface area contributed by atoms with Gasteiger partial charge in [0.1, 0.15) is 0 Å². The largest absolute Gasteiger partial charge is 0.352 e. The zero-order chi connectivity index (χ0) is 13.9. The molecular formula is C16H30ClN3O. The molecule has 1 saturated heterocycles. The summed E-state index contributed by atoms with van der Waals surface area (Å²) >= 11 is 0. The molecule has 3 aliphatic rings. The van der Waals surface area contributed by atoms with Crippen molar-refractivity contribution in [1.29, 1.82) is 0 Å². The molecule has 4 nitrogen and oxygen atoms in total. The van der Waals surface area contributed by atoms with Crippen LogP contribution in [0.15, 0.2) is 0 Å². The zero-order valence-electron chi connectivity index (χ0n) is 13.1. The fraction of sp³-hybridized carbons (Fsp3) is 0.938. The topological polar surface area (TPSA) is 44.4 Å². The molecular weight excluding hydrogens is 286 g/mol. The van der Waals surface area contributed by atoms with Crippen LogP contribution in [0.2, 0.25) is 0 Å². The molecule has 2 saturated carbocycles. The molecule has 1 aliphatic heterocycles. The first-order valence-corrected chi connectivity index (χ1v) is 8.45. The van der Waals surface area contributed by atoms with Gasteiger partial charge in [0.15, 0.2) is 0 Å². The maximum atomic E-state index is 12.2. The van der Waals surface area contributed by atoms with Crippen LogP contribution in [0.4, 0.5) is 0 Å². The Morgan fingerprint density at radius 2 is 2.14 bits per heavy atom. The van der Waals surface area contributed by atoms with Gasteiger partial charge in [-0.15, -0.1) is 12.4 Å². The quantitative estimate of drug-likeness (QED) is 0.829. The number of nitrogens with zero attached hydrogens (tertiary/aromatic N) is 1. The van der Waals surface area contributed by atoms with Gasteiger partial charge in [-0.05, 0) is 63.5 Å². The molecule has 0 radical (unpaired) electrons. The number of nitrogens with one attached hydrogen (secondary N) is 2. The molecule has 3 fully saturated rings. The number of fused-ring (bicyclic) bond motifs is 2. The van der Waals surface area contributed by atoms with Gasteiger partial charge in [-0.2, -0.15) is 0 Å². The fourth-order valence-electron chi connectivity index (χ4n) is 4.58. The van der Waals surface area contributed by atoms with E-state index in [-0.39, 0.29) is 18.3 Å². The molecule has 1 amide bonds. The molecule has 4 unspecified atom stereocenters. The lowest BCUT2D eigenvalue weighted by Crippen LogP contribution is -2.45. The highest BCUT2D eigenvalue weighted by Gasteiger charge is 2.42. The first kappa shape index (κ1) is 17.0. The summed E-state index contributed by atoms with van der Waals surface area (Å²) in [5.41, 5.74) is 0. The summed E-state index contributed by atoms with van der Waals surface area (Å²) < 4.78 is 0. The van der Waals surface area contributed by atoms with E-state index < -0.39 is 0 Å². The van der Waals surface area contributed by atoms with E-state index in [0.29, 0.717) is 12.6 Å².